The maximum absolute atomic E-state index is 11.7. The molecule has 0 saturated heterocycles. The molecule has 0 aromatic carbocycles. The molecule has 0 aliphatic rings. The van der Waals surface area contributed by atoms with Crippen molar-refractivity contribution in [2.75, 3.05) is 11.5 Å². The predicted molar refractivity (Wildman–Crippen MR) is 74.4 cm³/mol. The molecule has 0 aliphatic carbocycles. The minimum Gasteiger partial charge on any atom is -0.368 e. The van der Waals surface area contributed by atoms with Gasteiger partial charge in [0.05, 0.1) is 6.04 Å². The summed E-state index contributed by atoms with van der Waals surface area (Å²) in [5, 5.41) is 4.77. The van der Waals surface area contributed by atoms with Crippen LogP contribution in [0, 0.1) is 0 Å². The Labute approximate surface area is 116 Å². The summed E-state index contributed by atoms with van der Waals surface area (Å²) in [5.74, 6) is -1.60. The second-order valence-electron chi connectivity index (χ2n) is 3.68. The molecule has 0 aromatic rings. The molecule has 3 atom stereocenters. The number of carbonyl (C=O) groups excluding carboxylic acids is 3. The Morgan fingerprint density at radius 3 is 1.83 bits per heavy atom. The molecule has 0 fully saturated rings. The Morgan fingerprint density at radius 1 is 1.06 bits per heavy atom. The Kier molecular flexibility index (Phi) is 7.80. The summed E-state index contributed by atoms with van der Waals surface area (Å²) in [6, 6.07) is -2.51. The van der Waals surface area contributed by atoms with E-state index in [0.29, 0.717) is 0 Å². The SMILES string of the molecule is C[C@@H](N)C(=O)N[C@H](CS)C(=O)N[C@H](CS)C(N)=O. The molecular formula is C9H18N4O3S2. The highest BCUT2D eigenvalue weighted by molar-refractivity contribution is 7.80. The fourth-order valence-electron chi connectivity index (χ4n) is 0.976. The van der Waals surface area contributed by atoms with E-state index in [1.165, 1.54) is 6.92 Å². The molecule has 0 rings (SSSR count). The zero-order valence-electron chi connectivity index (χ0n) is 9.92. The first-order valence-electron chi connectivity index (χ1n) is 5.20. The number of nitrogens with two attached hydrogens (primary N) is 2. The van der Waals surface area contributed by atoms with Crippen LogP contribution in [-0.4, -0.2) is 47.4 Å². The van der Waals surface area contributed by atoms with Gasteiger partial charge >= 0.3 is 0 Å². The fraction of sp³-hybridized carbons (Fsp3) is 0.667. The summed E-state index contributed by atoms with van der Waals surface area (Å²) in [6.07, 6.45) is 0. The van der Waals surface area contributed by atoms with Crippen LogP contribution in [0.4, 0.5) is 0 Å². The first kappa shape index (κ1) is 17.1. The number of hydrogen-bond acceptors (Lipinski definition) is 6. The average molecular weight is 294 g/mol. The van der Waals surface area contributed by atoms with Crippen molar-refractivity contribution in [2.45, 2.75) is 25.0 Å². The number of rotatable bonds is 7. The van der Waals surface area contributed by atoms with Gasteiger partial charge < -0.3 is 22.1 Å². The quantitative estimate of drug-likeness (QED) is 0.294. The van der Waals surface area contributed by atoms with E-state index in [4.69, 9.17) is 11.5 Å². The van der Waals surface area contributed by atoms with Crippen LogP contribution < -0.4 is 22.1 Å². The van der Waals surface area contributed by atoms with Gasteiger partial charge in [-0.05, 0) is 6.92 Å². The highest BCUT2D eigenvalue weighted by atomic mass is 32.1. The standard InChI is InChI=1S/C9H18N4O3S2/c1-4(10)8(15)13-6(3-18)9(16)12-5(2-17)7(11)14/h4-6,17-18H,2-3,10H2,1H3,(H2,11,14)(H,12,16)(H,13,15)/t4-,5-,6-/m1/s1. The molecule has 18 heavy (non-hydrogen) atoms. The van der Waals surface area contributed by atoms with Crippen molar-refractivity contribution in [3.63, 3.8) is 0 Å². The van der Waals surface area contributed by atoms with Crippen LogP contribution in [0.5, 0.6) is 0 Å². The van der Waals surface area contributed by atoms with Crippen molar-refractivity contribution in [3.8, 4) is 0 Å². The summed E-state index contributed by atoms with van der Waals surface area (Å²) < 4.78 is 0. The number of amides is 3. The molecule has 0 spiro atoms. The molecule has 104 valence electrons. The Hall–Kier alpha value is -0.930. The van der Waals surface area contributed by atoms with Gasteiger partial charge in [0.1, 0.15) is 12.1 Å². The van der Waals surface area contributed by atoms with Gasteiger partial charge in [-0.2, -0.15) is 25.3 Å². The Morgan fingerprint density at radius 2 is 1.50 bits per heavy atom. The van der Waals surface area contributed by atoms with Gasteiger partial charge in [-0.3, -0.25) is 14.4 Å². The summed E-state index contributed by atoms with van der Waals surface area (Å²) in [5.41, 5.74) is 10.4. The van der Waals surface area contributed by atoms with Gasteiger partial charge in [-0.15, -0.1) is 0 Å². The Bertz CT molecular complexity index is 325. The summed E-state index contributed by atoms with van der Waals surface area (Å²) in [6.45, 7) is 1.49. The number of hydrogen-bond donors (Lipinski definition) is 6. The van der Waals surface area contributed by atoms with E-state index >= 15 is 0 Å². The molecule has 0 aliphatic heterocycles. The predicted octanol–water partition coefficient (Wildman–Crippen LogP) is -2.35. The van der Waals surface area contributed by atoms with E-state index in [0.717, 1.165) is 0 Å². The largest absolute Gasteiger partial charge is 0.368 e. The summed E-state index contributed by atoms with van der Waals surface area (Å²) >= 11 is 7.84. The molecule has 3 amide bonds. The number of carbonyl (C=O) groups is 3. The third kappa shape index (κ3) is 5.61. The molecule has 0 unspecified atom stereocenters. The van der Waals surface area contributed by atoms with Crippen LogP contribution in [0.1, 0.15) is 6.92 Å². The zero-order valence-corrected chi connectivity index (χ0v) is 11.7. The van der Waals surface area contributed by atoms with Crippen LogP contribution in [0.15, 0.2) is 0 Å². The number of nitrogens with one attached hydrogen (secondary N) is 2. The first-order valence-corrected chi connectivity index (χ1v) is 6.47. The van der Waals surface area contributed by atoms with Crippen molar-refractivity contribution in [2.24, 2.45) is 11.5 Å². The van der Waals surface area contributed by atoms with Crippen molar-refractivity contribution in [1.29, 1.82) is 0 Å². The van der Waals surface area contributed by atoms with Gasteiger partial charge in [0, 0.05) is 11.5 Å². The fourth-order valence-corrected chi connectivity index (χ4v) is 1.50. The van der Waals surface area contributed by atoms with Gasteiger partial charge in [-0.25, -0.2) is 0 Å². The molecule has 0 bridgehead atoms. The molecule has 0 radical (unpaired) electrons. The maximum Gasteiger partial charge on any atom is 0.244 e. The van der Waals surface area contributed by atoms with E-state index in [2.05, 4.69) is 35.9 Å². The normalized spacial score (nSPS) is 15.3. The lowest BCUT2D eigenvalue weighted by Crippen LogP contribution is -2.56. The zero-order chi connectivity index (χ0) is 14.3. The Balaban J connectivity index is 4.52. The topological polar surface area (TPSA) is 127 Å². The van der Waals surface area contributed by atoms with Crippen LogP contribution in [-0.2, 0) is 14.4 Å². The van der Waals surface area contributed by atoms with E-state index < -0.39 is 35.8 Å². The number of thiol groups is 2. The van der Waals surface area contributed by atoms with Crippen LogP contribution in [0.3, 0.4) is 0 Å². The molecule has 0 saturated carbocycles. The van der Waals surface area contributed by atoms with E-state index in [9.17, 15) is 14.4 Å². The van der Waals surface area contributed by atoms with Gasteiger partial charge in [0.25, 0.3) is 0 Å². The second-order valence-corrected chi connectivity index (χ2v) is 4.41. The van der Waals surface area contributed by atoms with Crippen LogP contribution in [0.2, 0.25) is 0 Å². The minimum absolute atomic E-state index is 0.0710. The van der Waals surface area contributed by atoms with Crippen LogP contribution in [0.25, 0.3) is 0 Å². The monoisotopic (exact) mass is 294 g/mol. The van der Waals surface area contributed by atoms with E-state index in [-0.39, 0.29) is 11.5 Å². The van der Waals surface area contributed by atoms with E-state index in [1.54, 1.807) is 0 Å². The van der Waals surface area contributed by atoms with Crippen molar-refractivity contribution >= 4 is 43.0 Å². The average Bonchev–Trinajstić information content (AvgIpc) is 2.31. The smallest absolute Gasteiger partial charge is 0.244 e. The van der Waals surface area contributed by atoms with Crippen LogP contribution >= 0.6 is 25.3 Å². The lowest BCUT2D eigenvalue weighted by Gasteiger charge is -2.20. The maximum atomic E-state index is 11.7. The minimum atomic E-state index is -0.893. The third-order valence-corrected chi connectivity index (χ3v) is 2.80. The molecule has 9 heteroatoms. The highest BCUT2D eigenvalue weighted by Gasteiger charge is 2.24. The van der Waals surface area contributed by atoms with Crippen molar-refractivity contribution in [3.05, 3.63) is 0 Å². The molecule has 0 heterocycles. The number of primary amides is 1. The van der Waals surface area contributed by atoms with Crippen molar-refractivity contribution in [1.82, 2.24) is 10.6 Å². The van der Waals surface area contributed by atoms with Crippen molar-refractivity contribution < 1.29 is 14.4 Å². The van der Waals surface area contributed by atoms with E-state index in [1.807, 2.05) is 0 Å². The summed E-state index contributed by atoms with van der Waals surface area (Å²) in [7, 11) is 0. The lowest BCUT2D eigenvalue weighted by atomic mass is 10.2. The van der Waals surface area contributed by atoms with Gasteiger partial charge in [0.15, 0.2) is 0 Å². The second kappa shape index (κ2) is 8.22. The lowest BCUT2D eigenvalue weighted by molar-refractivity contribution is -0.130. The first-order chi connectivity index (χ1) is 8.33. The highest BCUT2D eigenvalue weighted by Crippen LogP contribution is 1.94. The molecule has 6 N–H and O–H groups in total. The molecule has 7 nitrogen and oxygen atoms in total. The van der Waals surface area contributed by atoms with Gasteiger partial charge in [-0.1, -0.05) is 0 Å². The van der Waals surface area contributed by atoms with Gasteiger partial charge in [0.2, 0.25) is 17.7 Å². The molecule has 0 aromatic heterocycles. The molecular weight excluding hydrogens is 276 g/mol. The third-order valence-electron chi connectivity index (χ3n) is 2.07. The summed E-state index contributed by atoms with van der Waals surface area (Å²) in [4.78, 5) is 34.0.